The molecule has 0 unspecified atom stereocenters. The van der Waals surface area contributed by atoms with Crippen molar-refractivity contribution in [3.8, 4) is 17.3 Å². The Morgan fingerprint density at radius 3 is 3.00 bits per heavy atom. The van der Waals surface area contributed by atoms with Gasteiger partial charge in [0.2, 0.25) is 17.6 Å². The van der Waals surface area contributed by atoms with Gasteiger partial charge in [0.05, 0.1) is 6.04 Å². The largest absolute Gasteiger partial charge is 0.474 e. The first-order valence-electron chi connectivity index (χ1n) is 8.08. The summed E-state index contributed by atoms with van der Waals surface area (Å²) in [5.74, 6) is 2.76. The highest BCUT2D eigenvalue weighted by molar-refractivity contribution is 5.55. The Morgan fingerprint density at radius 2 is 2.23 bits per heavy atom. The molecular formula is C16H18N4O2. The van der Waals surface area contributed by atoms with Gasteiger partial charge in [-0.1, -0.05) is 5.16 Å². The molecule has 0 radical (unpaired) electrons. The lowest BCUT2D eigenvalue weighted by molar-refractivity contribution is 0.115. The summed E-state index contributed by atoms with van der Waals surface area (Å²) in [7, 11) is 0. The summed E-state index contributed by atoms with van der Waals surface area (Å²) in [5.41, 5.74) is 0.891. The van der Waals surface area contributed by atoms with Crippen LogP contribution in [0.2, 0.25) is 0 Å². The highest BCUT2D eigenvalue weighted by Gasteiger charge is 2.47. The van der Waals surface area contributed by atoms with Crippen molar-refractivity contribution in [2.75, 3.05) is 0 Å². The molecule has 0 aromatic carbocycles. The lowest BCUT2D eigenvalue weighted by Crippen LogP contribution is -2.24. The molecule has 6 heteroatoms. The van der Waals surface area contributed by atoms with Crippen LogP contribution in [0.4, 0.5) is 0 Å². The van der Waals surface area contributed by atoms with Crippen molar-refractivity contribution in [1.29, 1.82) is 0 Å². The molecule has 22 heavy (non-hydrogen) atoms. The van der Waals surface area contributed by atoms with Crippen molar-refractivity contribution < 1.29 is 9.26 Å². The summed E-state index contributed by atoms with van der Waals surface area (Å²) in [5, 5.41) is 7.64. The van der Waals surface area contributed by atoms with Crippen LogP contribution in [0.5, 0.6) is 5.88 Å². The second-order valence-corrected chi connectivity index (χ2v) is 6.57. The third-order valence-corrected chi connectivity index (χ3v) is 4.95. The van der Waals surface area contributed by atoms with Crippen LogP contribution in [0.25, 0.3) is 11.4 Å². The van der Waals surface area contributed by atoms with Gasteiger partial charge in [-0.2, -0.15) is 4.98 Å². The highest BCUT2D eigenvalue weighted by atomic mass is 16.5. The first-order valence-corrected chi connectivity index (χ1v) is 8.08. The Morgan fingerprint density at radius 1 is 1.27 bits per heavy atom. The van der Waals surface area contributed by atoms with Crippen LogP contribution in [-0.2, 0) is 0 Å². The second-order valence-electron chi connectivity index (χ2n) is 6.57. The molecule has 1 aliphatic heterocycles. The van der Waals surface area contributed by atoms with Crippen LogP contribution in [0.3, 0.4) is 0 Å². The van der Waals surface area contributed by atoms with Crippen LogP contribution in [-0.4, -0.2) is 27.3 Å². The number of piperidine rings is 1. The molecule has 1 N–H and O–H groups in total. The lowest BCUT2D eigenvalue weighted by atomic mass is 9.96. The van der Waals surface area contributed by atoms with E-state index in [1.807, 2.05) is 12.1 Å². The van der Waals surface area contributed by atoms with E-state index >= 15 is 0 Å². The molecule has 3 fully saturated rings. The van der Waals surface area contributed by atoms with Crippen LogP contribution >= 0.6 is 0 Å². The average molecular weight is 298 g/mol. The topological polar surface area (TPSA) is 73.1 Å². The van der Waals surface area contributed by atoms with E-state index in [-0.39, 0.29) is 6.04 Å². The molecule has 5 rings (SSSR count). The van der Waals surface area contributed by atoms with E-state index in [1.165, 1.54) is 12.8 Å². The van der Waals surface area contributed by atoms with E-state index in [0.29, 0.717) is 29.7 Å². The number of hydrogen-bond donors (Lipinski definition) is 1. The summed E-state index contributed by atoms with van der Waals surface area (Å²) >= 11 is 0. The van der Waals surface area contributed by atoms with E-state index in [1.54, 1.807) is 6.20 Å². The summed E-state index contributed by atoms with van der Waals surface area (Å²) in [6, 6.07) is 4.68. The van der Waals surface area contributed by atoms with Crippen LogP contribution < -0.4 is 10.1 Å². The Kier molecular flexibility index (Phi) is 2.73. The molecule has 2 aromatic rings. The fourth-order valence-corrected chi connectivity index (χ4v) is 3.28. The Hall–Kier alpha value is -1.95. The standard InChI is InChI=1S/C16H18N4O2/c1-2-11(3-1)21-14-8-9(4-5-17-14)15-19-16(22-20-15)13-7-10-6-12(10)18-13/h4-5,8,10-13,18H,1-3,6-7H2/t10-,12-,13+/m1/s1. The van der Waals surface area contributed by atoms with Gasteiger partial charge in [0.25, 0.3) is 0 Å². The fraction of sp³-hybridized carbons (Fsp3) is 0.562. The Labute approximate surface area is 128 Å². The number of nitrogens with one attached hydrogen (secondary N) is 1. The number of nitrogens with zero attached hydrogens (tertiary/aromatic N) is 3. The number of fused-ring (bicyclic) bond motifs is 1. The summed E-state index contributed by atoms with van der Waals surface area (Å²) in [6.07, 6.45) is 7.94. The van der Waals surface area contributed by atoms with E-state index in [2.05, 4.69) is 20.4 Å². The van der Waals surface area contributed by atoms with Crippen molar-refractivity contribution >= 4 is 0 Å². The van der Waals surface area contributed by atoms with Gasteiger partial charge < -0.3 is 14.6 Å². The zero-order valence-electron chi connectivity index (χ0n) is 12.2. The molecular weight excluding hydrogens is 280 g/mol. The molecule has 0 spiro atoms. The van der Waals surface area contributed by atoms with E-state index in [4.69, 9.17) is 9.26 Å². The van der Waals surface area contributed by atoms with E-state index in [0.717, 1.165) is 30.7 Å². The van der Waals surface area contributed by atoms with Gasteiger partial charge in [0, 0.05) is 23.9 Å². The van der Waals surface area contributed by atoms with E-state index in [9.17, 15) is 0 Å². The number of rotatable bonds is 4. The fourth-order valence-electron chi connectivity index (χ4n) is 3.28. The summed E-state index contributed by atoms with van der Waals surface area (Å²) in [6.45, 7) is 0. The number of ether oxygens (including phenoxy) is 1. The van der Waals surface area contributed by atoms with Crippen LogP contribution in [0, 0.1) is 5.92 Å². The maximum Gasteiger partial charge on any atom is 0.244 e. The van der Waals surface area contributed by atoms with Crippen molar-refractivity contribution in [3.05, 3.63) is 24.2 Å². The van der Waals surface area contributed by atoms with Crippen molar-refractivity contribution in [2.45, 2.75) is 50.3 Å². The van der Waals surface area contributed by atoms with Gasteiger partial charge in [-0.25, -0.2) is 4.98 Å². The molecule has 0 bridgehead atoms. The molecule has 3 heterocycles. The Balaban J connectivity index is 1.35. The molecule has 3 aliphatic rings. The maximum absolute atomic E-state index is 5.83. The predicted octanol–water partition coefficient (Wildman–Crippen LogP) is 2.49. The summed E-state index contributed by atoms with van der Waals surface area (Å²) < 4.78 is 11.3. The van der Waals surface area contributed by atoms with E-state index < -0.39 is 0 Å². The minimum Gasteiger partial charge on any atom is -0.474 e. The van der Waals surface area contributed by atoms with Gasteiger partial charge in [0.15, 0.2) is 0 Å². The Bertz CT molecular complexity index is 687. The maximum atomic E-state index is 5.83. The highest BCUT2D eigenvalue weighted by Crippen LogP contribution is 2.45. The molecule has 2 aromatic heterocycles. The van der Waals surface area contributed by atoms with Gasteiger partial charge in [-0.05, 0) is 44.1 Å². The monoisotopic (exact) mass is 298 g/mol. The number of pyridine rings is 1. The second kappa shape index (κ2) is 4.78. The van der Waals surface area contributed by atoms with Gasteiger partial charge in [-0.15, -0.1) is 0 Å². The molecule has 0 amide bonds. The minimum atomic E-state index is 0.220. The molecule has 114 valence electrons. The number of hydrogen-bond acceptors (Lipinski definition) is 6. The normalized spacial score (nSPS) is 29.9. The van der Waals surface area contributed by atoms with Crippen molar-refractivity contribution in [1.82, 2.24) is 20.4 Å². The van der Waals surface area contributed by atoms with Gasteiger partial charge in [-0.3, -0.25) is 0 Å². The molecule has 3 atom stereocenters. The third-order valence-electron chi connectivity index (χ3n) is 4.95. The van der Waals surface area contributed by atoms with Crippen LogP contribution in [0.1, 0.15) is 44.0 Å². The molecule has 6 nitrogen and oxygen atoms in total. The third kappa shape index (κ3) is 2.18. The number of aromatic nitrogens is 3. The first-order chi connectivity index (χ1) is 10.8. The SMILES string of the molecule is c1cc(-c2noc([C@@H]3C[C@H]4C[C@H]4N3)n2)cc(OC2CCC2)n1. The lowest BCUT2D eigenvalue weighted by Gasteiger charge is -2.25. The zero-order valence-corrected chi connectivity index (χ0v) is 12.2. The molecule has 1 saturated heterocycles. The average Bonchev–Trinajstić information content (AvgIpc) is 2.92. The quantitative estimate of drug-likeness (QED) is 0.935. The van der Waals surface area contributed by atoms with Gasteiger partial charge >= 0.3 is 0 Å². The molecule has 2 saturated carbocycles. The van der Waals surface area contributed by atoms with Crippen molar-refractivity contribution in [2.24, 2.45) is 5.92 Å². The predicted molar refractivity (Wildman–Crippen MR) is 78.2 cm³/mol. The van der Waals surface area contributed by atoms with Crippen LogP contribution in [0.15, 0.2) is 22.9 Å². The first kappa shape index (κ1) is 12.6. The molecule has 2 aliphatic carbocycles. The smallest absolute Gasteiger partial charge is 0.244 e. The minimum absolute atomic E-state index is 0.220. The van der Waals surface area contributed by atoms with Gasteiger partial charge in [0.1, 0.15) is 6.10 Å². The zero-order chi connectivity index (χ0) is 14.5. The summed E-state index contributed by atoms with van der Waals surface area (Å²) in [4.78, 5) is 8.81. The van der Waals surface area contributed by atoms with Crippen molar-refractivity contribution in [3.63, 3.8) is 0 Å².